The second-order valence-electron chi connectivity index (χ2n) is 10.5. The first kappa shape index (κ1) is 32.1. The molecule has 226 valence electrons. The highest BCUT2D eigenvalue weighted by Gasteiger charge is 2.17. The predicted octanol–water partition coefficient (Wildman–Crippen LogP) is 4.97. The van der Waals surface area contributed by atoms with Crippen molar-refractivity contribution in [3.05, 3.63) is 94.4 Å². The van der Waals surface area contributed by atoms with Gasteiger partial charge in [0.05, 0.1) is 30.0 Å². The fourth-order valence-electron chi connectivity index (χ4n) is 4.64. The minimum Gasteiger partial charge on any atom is -0.496 e. The molecule has 0 bridgehead atoms. The van der Waals surface area contributed by atoms with Crippen LogP contribution in [0.3, 0.4) is 0 Å². The van der Waals surface area contributed by atoms with Crippen molar-refractivity contribution in [2.75, 3.05) is 25.5 Å². The summed E-state index contributed by atoms with van der Waals surface area (Å²) in [6, 6.07) is 16.9. The van der Waals surface area contributed by atoms with Gasteiger partial charge < -0.3 is 30.9 Å². The lowest BCUT2D eigenvalue weighted by Gasteiger charge is -2.16. The first-order chi connectivity index (χ1) is 20.7. The third kappa shape index (κ3) is 8.37. The number of halogens is 1. The van der Waals surface area contributed by atoms with Crippen molar-refractivity contribution < 1.29 is 19.7 Å². The molecule has 9 nitrogen and oxygen atoms in total. The Labute approximate surface area is 257 Å². The van der Waals surface area contributed by atoms with Crippen molar-refractivity contribution in [2.24, 2.45) is 0 Å². The minimum atomic E-state index is -0.440. The highest BCUT2D eigenvalue weighted by atomic mass is 35.5. The number of benzene rings is 2. The molecule has 2 aromatic heterocycles. The molecule has 1 amide bonds. The zero-order valence-electron chi connectivity index (χ0n) is 24.8. The lowest BCUT2D eigenvalue weighted by Crippen LogP contribution is -2.24. The van der Waals surface area contributed by atoms with E-state index in [1.165, 1.54) is 0 Å². The zero-order valence-corrected chi connectivity index (χ0v) is 25.6. The topological polar surface area (TPSA) is 129 Å². The molecule has 4 rings (SSSR count). The largest absolute Gasteiger partial charge is 0.496 e. The summed E-state index contributed by atoms with van der Waals surface area (Å²) in [5.74, 6) is 0.373. The van der Waals surface area contributed by atoms with Crippen LogP contribution in [-0.4, -0.2) is 58.5 Å². The summed E-state index contributed by atoms with van der Waals surface area (Å²) in [6.07, 6.45) is 2.49. The number of pyridine rings is 2. The highest BCUT2D eigenvalue weighted by molar-refractivity contribution is 6.35. The van der Waals surface area contributed by atoms with E-state index in [0.717, 1.165) is 33.4 Å². The van der Waals surface area contributed by atoms with Crippen molar-refractivity contribution in [1.82, 2.24) is 20.6 Å². The quantitative estimate of drug-likeness (QED) is 0.145. The van der Waals surface area contributed by atoms with Crippen LogP contribution in [0.25, 0.3) is 22.4 Å². The van der Waals surface area contributed by atoms with E-state index in [1.54, 1.807) is 39.4 Å². The van der Waals surface area contributed by atoms with Crippen LogP contribution < -0.4 is 20.7 Å². The molecule has 4 aromatic rings. The van der Waals surface area contributed by atoms with Crippen molar-refractivity contribution in [3.63, 3.8) is 0 Å². The first-order valence-electron chi connectivity index (χ1n) is 14.1. The Bertz CT molecular complexity index is 1540. The van der Waals surface area contributed by atoms with Gasteiger partial charge in [0, 0.05) is 61.0 Å². The van der Waals surface area contributed by atoms with Gasteiger partial charge in [0.2, 0.25) is 0 Å². The van der Waals surface area contributed by atoms with Crippen LogP contribution >= 0.6 is 11.6 Å². The van der Waals surface area contributed by atoms with Crippen LogP contribution in [-0.2, 0) is 13.1 Å². The van der Waals surface area contributed by atoms with Gasteiger partial charge in [-0.2, -0.15) is 0 Å². The number of aliphatic hydroxyl groups is 2. The molecule has 0 spiro atoms. The van der Waals surface area contributed by atoms with Crippen LogP contribution in [0, 0.1) is 6.92 Å². The molecule has 0 fully saturated rings. The number of amides is 1. The number of hydrogen-bond donors (Lipinski definition) is 5. The Morgan fingerprint density at radius 3 is 2.37 bits per heavy atom. The van der Waals surface area contributed by atoms with Crippen LogP contribution in [0.2, 0.25) is 5.02 Å². The van der Waals surface area contributed by atoms with Crippen molar-refractivity contribution >= 4 is 23.2 Å². The molecule has 0 unspecified atom stereocenters. The summed E-state index contributed by atoms with van der Waals surface area (Å²) in [7, 11) is 1.62. The summed E-state index contributed by atoms with van der Waals surface area (Å²) in [4.78, 5) is 21.9. The SMILES string of the molecule is COc1cc(-c2nccc(-c3cccc(NC(=O)c4ccc(CNC[C@@H](C)O)cn4)c3C)c2Cl)ccc1CNC[C@H](C)O. The molecule has 2 aromatic carbocycles. The number of rotatable bonds is 13. The van der Waals surface area contributed by atoms with Crippen molar-refractivity contribution in [2.45, 2.75) is 46.1 Å². The molecule has 0 saturated heterocycles. The van der Waals surface area contributed by atoms with Crippen LogP contribution in [0.5, 0.6) is 5.75 Å². The maximum atomic E-state index is 13.0. The molecule has 5 N–H and O–H groups in total. The van der Waals surface area contributed by atoms with Crippen LogP contribution in [0.1, 0.15) is 41.0 Å². The second-order valence-corrected chi connectivity index (χ2v) is 10.9. The maximum Gasteiger partial charge on any atom is 0.274 e. The Morgan fingerprint density at radius 2 is 1.70 bits per heavy atom. The van der Waals surface area contributed by atoms with Gasteiger partial charge in [0.1, 0.15) is 11.4 Å². The van der Waals surface area contributed by atoms with E-state index in [0.29, 0.717) is 54.0 Å². The summed E-state index contributed by atoms with van der Waals surface area (Å²) in [6.45, 7) is 7.44. The van der Waals surface area contributed by atoms with Crippen LogP contribution in [0.4, 0.5) is 5.69 Å². The van der Waals surface area contributed by atoms with E-state index < -0.39 is 12.2 Å². The van der Waals surface area contributed by atoms with E-state index in [9.17, 15) is 15.0 Å². The first-order valence-corrected chi connectivity index (χ1v) is 14.5. The summed E-state index contributed by atoms with van der Waals surface area (Å²) >= 11 is 6.97. The third-order valence-electron chi connectivity index (χ3n) is 6.90. The van der Waals surface area contributed by atoms with Crippen LogP contribution in [0.15, 0.2) is 67.0 Å². The number of anilines is 1. The monoisotopic (exact) mass is 603 g/mol. The second kappa shape index (κ2) is 15.0. The molecule has 0 aliphatic carbocycles. The molecule has 0 radical (unpaired) electrons. The van der Waals surface area contributed by atoms with Gasteiger partial charge in [-0.3, -0.25) is 14.8 Å². The van der Waals surface area contributed by atoms with Gasteiger partial charge in [-0.15, -0.1) is 0 Å². The van der Waals surface area contributed by atoms with Gasteiger partial charge in [0.25, 0.3) is 5.91 Å². The molecular weight excluding hydrogens is 566 g/mol. The standard InChI is InChI=1S/C33H38ClN5O4/c1-20(40)15-35-17-23-8-11-29(38-18-23)33(42)39-28-7-5-6-26(22(28)3)27-12-13-37-32(31(27)34)24-9-10-25(30(14-24)43-4)19-36-16-21(2)41/h5-14,18,20-21,35-36,40-41H,15-17,19H2,1-4H3,(H,39,42)/t20-,21+/m1/s1. The van der Waals surface area contributed by atoms with Gasteiger partial charge in [-0.1, -0.05) is 41.9 Å². The smallest absolute Gasteiger partial charge is 0.274 e. The average Bonchev–Trinajstić information content (AvgIpc) is 2.98. The fourth-order valence-corrected chi connectivity index (χ4v) is 4.97. The summed E-state index contributed by atoms with van der Waals surface area (Å²) in [5.41, 5.74) is 6.74. The number of nitrogens with zero attached hydrogens (tertiary/aromatic N) is 2. The van der Waals surface area contributed by atoms with Gasteiger partial charge in [0.15, 0.2) is 0 Å². The molecule has 2 heterocycles. The number of carbonyl (C=O) groups excluding carboxylic acids is 1. The highest BCUT2D eigenvalue weighted by Crippen LogP contribution is 2.39. The molecule has 10 heteroatoms. The number of methoxy groups -OCH3 is 1. The van der Waals surface area contributed by atoms with Crippen molar-refractivity contribution in [3.8, 4) is 28.1 Å². The maximum absolute atomic E-state index is 13.0. The Hall–Kier alpha value is -3.86. The average molecular weight is 604 g/mol. The molecule has 2 atom stereocenters. The molecular formula is C33H38ClN5O4. The van der Waals surface area contributed by atoms with E-state index in [-0.39, 0.29) is 5.91 Å². The Morgan fingerprint density at radius 1 is 0.953 bits per heavy atom. The van der Waals surface area contributed by atoms with E-state index >= 15 is 0 Å². The van der Waals surface area contributed by atoms with Crippen molar-refractivity contribution in [1.29, 1.82) is 0 Å². The summed E-state index contributed by atoms with van der Waals surface area (Å²) in [5, 5.41) is 28.7. The van der Waals surface area contributed by atoms with E-state index in [4.69, 9.17) is 16.3 Å². The minimum absolute atomic E-state index is 0.298. The lowest BCUT2D eigenvalue weighted by molar-refractivity contribution is 0.102. The number of hydrogen-bond acceptors (Lipinski definition) is 8. The molecule has 43 heavy (non-hydrogen) atoms. The number of aliphatic hydroxyl groups excluding tert-OH is 2. The number of ether oxygens (including phenoxy) is 1. The Balaban J connectivity index is 1.54. The molecule has 0 aliphatic heterocycles. The number of nitrogens with one attached hydrogen (secondary N) is 3. The Kier molecular flexibility index (Phi) is 11.2. The summed E-state index contributed by atoms with van der Waals surface area (Å²) < 4.78 is 5.63. The lowest BCUT2D eigenvalue weighted by atomic mass is 9.97. The van der Waals surface area contributed by atoms with Gasteiger partial charge in [-0.05, 0) is 61.7 Å². The number of aromatic nitrogens is 2. The van der Waals surface area contributed by atoms with E-state index in [1.807, 2.05) is 55.5 Å². The zero-order chi connectivity index (χ0) is 30.9. The normalized spacial score (nSPS) is 12.5. The third-order valence-corrected chi connectivity index (χ3v) is 7.29. The molecule has 0 saturated carbocycles. The fraction of sp³-hybridized carbons (Fsp3) is 0.303. The molecule has 0 aliphatic rings. The predicted molar refractivity (Wildman–Crippen MR) is 170 cm³/mol. The number of carbonyl (C=O) groups is 1. The van der Waals surface area contributed by atoms with Gasteiger partial charge in [-0.25, -0.2) is 0 Å². The van der Waals surface area contributed by atoms with Gasteiger partial charge >= 0.3 is 0 Å². The van der Waals surface area contributed by atoms with E-state index in [2.05, 4.69) is 25.9 Å².